The van der Waals surface area contributed by atoms with Crippen LogP contribution in [0.5, 0.6) is 0 Å². The van der Waals surface area contributed by atoms with Crippen LogP contribution in [0.1, 0.15) is 6.92 Å². The van der Waals surface area contributed by atoms with Gasteiger partial charge < -0.3 is 5.32 Å². The van der Waals surface area contributed by atoms with Crippen molar-refractivity contribution in [2.24, 2.45) is 5.92 Å². The minimum absolute atomic E-state index is 0.0383. The van der Waals surface area contributed by atoms with E-state index in [9.17, 15) is 4.79 Å². The van der Waals surface area contributed by atoms with Gasteiger partial charge in [0.25, 0.3) is 0 Å². The van der Waals surface area contributed by atoms with Crippen molar-refractivity contribution in [3.8, 4) is 0 Å². The first-order chi connectivity index (χ1) is 5.79. The normalized spacial score (nSPS) is 25.8. The van der Waals surface area contributed by atoms with E-state index in [1.807, 2.05) is 31.2 Å². The number of amides is 1. The third-order valence-corrected chi connectivity index (χ3v) is 2.12. The first-order valence-electron chi connectivity index (χ1n) is 3.93. The van der Waals surface area contributed by atoms with Gasteiger partial charge in [0.1, 0.15) is 0 Å². The van der Waals surface area contributed by atoms with Gasteiger partial charge in [0, 0.05) is 5.70 Å². The van der Waals surface area contributed by atoms with Gasteiger partial charge in [-0.15, -0.1) is 5.73 Å². The van der Waals surface area contributed by atoms with E-state index in [0.717, 1.165) is 11.3 Å². The van der Waals surface area contributed by atoms with Gasteiger partial charge >= 0.3 is 0 Å². The third-order valence-electron chi connectivity index (χ3n) is 2.12. The van der Waals surface area contributed by atoms with Gasteiger partial charge in [0.2, 0.25) is 5.91 Å². The van der Waals surface area contributed by atoms with E-state index in [-0.39, 0.29) is 11.8 Å². The van der Waals surface area contributed by atoms with E-state index in [2.05, 4.69) is 11.0 Å². The molecule has 0 aromatic rings. The molecule has 1 N–H and O–H groups in total. The Hall–Kier alpha value is -1.53. The van der Waals surface area contributed by atoms with Crippen molar-refractivity contribution in [3.63, 3.8) is 0 Å². The summed E-state index contributed by atoms with van der Waals surface area (Å²) in [6.07, 6.45) is 7.46. The maximum Gasteiger partial charge on any atom is 0.231 e. The van der Waals surface area contributed by atoms with Crippen LogP contribution in [0.2, 0.25) is 0 Å². The molecule has 0 radical (unpaired) electrons. The molecule has 2 heteroatoms. The molecule has 60 valence electrons. The summed E-state index contributed by atoms with van der Waals surface area (Å²) in [7, 11) is 0. The molecule has 1 aliphatic heterocycles. The van der Waals surface area contributed by atoms with Crippen LogP contribution in [0.3, 0.4) is 0 Å². The predicted molar refractivity (Wildman–Crippen MR) is 46.1 cm³/mol. The zero-order valence-electron chi connectivity index (χ0n) is 6.79. The molecule has 1 aliphatic carbocycles. The maximum absolute atomic E-state index is 11.2. The van der Waals surface area contributed by atoms with E-state index < -0.39 is 0 Å². The second-order valence-electron chi connectivity index (χ2n) is 2.92. The van der Waals surface area contributed by atoms with Gasteiger partial charge in [0.15, 0.2) is 0 Å². The SMILES string of the molecule is CC1C(=O)NC2=C1C=C=CC=C2. The van der Waals surface area contributed by atoms with Gasteiger partial charge in [-0.1, -0.05) is 6.08 Å². The number of rotatable bonds is 0. The van der Waals surface area contributed by atoms with Crippen molar-refractivity contribution < 1.29 is 4.79 Å². The molecule has 0 aromatic heterocycles. The smallest absolute Gasteiger partial charge is 0.231 e. The zero-order chi connectivity index (χ0) is 8.55. The first-order valence-corrected chi connectivity index (χ1v) is 3.93. The molecule has 0 fully saturated rings. The fourth-order valence-electron chi connectivity index (χ4n) is 1.37. The van der Waals surface area contributed by atoms with E-state index >= 15 is 0 Å². The largest absolute Gasteiger partial charge is 0.325 e. The topological polar surface area (TPSA) is 29.1 Å². The van der Waals surface area contributed by atoms with Crippen molar-refractivity contribution >= 4 is 5.91 Å². The molecular weight excluding hydrogens is 150 g/mol. The number of hydrogen-bond donors (Lipinski definition) is 1. The number of carbonyl (C=O) groups excluding carboxylic acids is 1. The lowest BCUT2D eigenvalue weighted by molar-refractivity contribution is -0.121. The molecule has 0 saturated carbocycles. The Morgan fingerprint density at radius 3 is 3.25 bits per heavy atom. The predicted octanol–water partition coefficient (Wildman–Crippen LogP) is 1.29. The minimum atomic E-state index is -0.0383. The Morgan fingerprint density at radius 2 is 2.42 bits per heavy atom. The number of nitrogens with one attached hydrogen (secondary N) is 1. The third kappa shape index (κ3) is 0.936. The Morgan fingerprint density at radius 1 is 1.58 bits per heavy atom. The Labute approximate surface area is 71.0 Å². The lowest BCUT2D eigenvalue weighted by atomic mass is 10.0. The Balaban J connectivity index is 2.48. The van der Waals surface area contributed by atoms with Crippen LogP contribution >= 0.6 is 0 Å². The van der Waals surface area contributed by atoms with Crippen molar-refractivity contribution in [2.45, 2.75) is 6.92 Å². The van der Waals surface area contributed by atoms with Crippen LogP contribution < -0.4 is 5.32 Å². The number of allylic oxidation sites excluding steroid dienone is 3. The van der Waals surface area contributed by atoms with Gasteiger partial charge in [-0.25, -0.2) is 0 Å². The van der Waals surface area contributed by atoms with Crippen LogP contribution in [0.4, 0.5) is 0 Å². The first kappa shape index (κ1) is 7.14. The monoisotopic (exact) mass is 159 g/mol. The van der Waals surface area contributed by atoms with Crippen LogP contribution in [-0.4, -0.2) is 5.91 Å². The van der Waals surface area contributed by atoms with E-state index in [1.54, 1.807) is 0 Å². The quantitative estimate of drug-likeness (QED) is 0.530. The molecule has 0 bridgehead atoms. The van der Waals surface area contributed by atoms with Gasteiger partial charge in [0.05, 0.1) is 5.92 Å². The Kier molecular flexibility index (Phi) is 1.49. The molecule has 12 heavy (non-hydrogen) atoms. The molecule has 2 rings (SSSR count). The summed E-state index contributed by atoms with van der Waals surface area (Å²) in [5, 5.41) is 2.81. The molecule has 1 atom stereocenters. The number of hydrogen-bond acceptors (Lipinski definition) is 1. The zero-order valence-corrected chi connectivity index (χ0v) is 6.79. The summed E-state index contributed by atoms with van der Waals surface area (Å²) in [5.74, 6) is 0.0354. The van der Waals surface area contributed by atoms with Crippen molar-refractivity contribution in [1.82, 2.24) is 5.32 Å². The van der Waals surface area contributed by atoms with Crippen molar-refractivity contribution in [3.05, 3.63) is 41.3 Å². The van der Waals surface area contributed by atoms with E-state index in [1.165, 1.54) is 0 Å². The molecule has 1 amide bonds. The van der Waals surface area contributed by atoms with Crippen LogP contribution in [0.25, 0.3) is 0 Å². The fourth-order valence-corrected chi connectivity index (χ4v) is 1.37. The maximum atomic E-state index is 11.2. The summed E-state index contributed by atoms with van der Waals surface area (Å²) in [4.78, 5) is 11.2. The van der Waals surface area contributed by atoms with E-state index in [0.29, 0.717) is 0 Å². The number of carbonyl (C=O) groups is 1. The standard InChI is InChI=1S/C10H9NO/c1-7-8-5-3-2-4-6-9(8)11-10(7)12/h2,4-7H,1H3,(H,11,12). The second-order valence-corrected chi connectivity index (χ2v) is 2.92. The Bertz CT molecular complexity index is 354. The average Bonchev–Trinajstić information content (AvgIpc) is 2.30. The summed E-state index contributed by atoms with van der Waals surface area (Å²) in [6, 6.07) is 0. The van der Waals surface area contributed by atoms with E-state index in [4.69, 9.17) is 0 Å². The fraction of sp³-hybridized carbons (Fsp3) is 0.200. The highest BCUT2D eigenvalue weighted by Crippen LogP contribution is 2.23. The van der Waals surface area contributed by atoms with Crippen molar-refractivity contribution in [2.75, 3.05) is 0 Å². The molecular formula is C10H9NO. The highest BCUT2D eigenvalue weighted by Gasteiger charge is 2.26. The molecule has 0 spiro atoms. The molecule has 1 unspecified atom stereocenters. The van der Waals surface area contributed by atoms with Crippen LogP contribution in [0, 0.1) is 5.92 Å². The highest BCUT2D eigenvalue weighted by molar-refractivity contribution is 5.88. The lowest BCUT2D eigenvalue weighted by Gasteiger charge is -1.97. The highest BCUT2D eigenvalue weighted by atomic mass is 16.2. The second kappa shape index (κ2) is 2.50. The summed E-state index contributed by atoms with van der Waals surface area (Å²) < 4.78 is 0. The molecule has 1 heterocycles. The molecule has 0 saturated heterocycles. The summed E-state index contributed by atoms with van der Waals surface area (Å²) in [6.45, 7) is 1.90. The van der Waals surface area contributed by atoms with Gasteiger partial charge in [-0.3, -0.25) is 4.79 Å². The molecule has 2 aliphatic rings. The van der Waals surface area contributed by atoms with Gasteiger partial charge in [-0.05, 0) is 30.7 Å². The van der Waals surface area contributed by atoms with Crippen LogP contribution in [-0.2, 0) is 4.79 Å². The summed E-state index contributed by atoms with van der Waals surface area (Å²) >= 11 is 0. The van der Waals surface area contributed by atoms with Gasteiger partial charge in [-0.2, -0.15) is 0 Å². The van der Waals surface area contributed by atoms with Crippen LogP contribution in [0.15, 0.2) is 41.3 Å². The molecule has 0 aromatic carbocycles. The lowest BCUT2D eigenvalue weighted by Crippen LogP contribution is -2.19. The minimum Gasteiger partial charge on any atom is -0.325 e. The summed E-state index contributed by atoms with van der Waals surface area (Å²) in [5.41, 5.74) is 4.93. The van der Waals surface area contributed by atoms with Crippen molar-refractivity contribution in [1.29, 1.82) is 0 Å². The molecule has 2 nitrogen and oxygen atoms in total. The average molecular weight is 159 g/mol.